The number of hydrogen-bond acceptors (Lipinski definition) is 5. The van der Waals surface area contributed by atoms with Crippen LogP contribution >= 0.6 is 0 Å². The molecule has 178 valence electrons. The fourth-order valence-electron chi connectivity index (χ4n) is 4.88. The van der Waals surface area contributed by atoms with Crippen LogP contribution in [0.25, 0.3) is 0 Å². The summed E-state index contributed by atoms with van der Waals surface area (Å²) in [5.41, 5.74) is 0.774. The predicted octanol–water partition coefficient (Wildman–Crippen LogP) is 1.86. The number of benzene rings is 1. The third kappa shape index (κ3) is 5.40. The van der Waals surface area contributed by atoms with Crippen LogP contribution in [0.4, 0.5) is 4.39 Å². The Bertz CT molecular complexity index is 945. The van der Waals surface area contributed by atoms with Gasteiger partial charge in [-0.25, -0.2) is 4.39 Å². The van der Waals surface area contributed by atoms with Gasteiger partial charge in [0.15, 0.2) is 0 Å². The number of carbonyl (C=O) groups excluding carboxylic acids is 4. The smallest absolute Gasteiger partial charge is 0.255 e. The van der Waals surface area contributed by atoms with Crippen molar-refractivity contribution in [3.05, 3.63) is 34.6 Å². The lowest BCUT2D eigenvalue weighted by molar-refractivity contribution is -0.137. The van der Waals surface area contributed by atoms with Crippen molar-refractivity contribution in [1.29, 1.82) is 0 Å². The Labute approximate surface area is 192 Å². The molecular weight excluding hydrogens is 427 g/mol. The van der Waals surface area contributed by atoms with E-state index in [1.165, 1.54) is 30.2 Å². The molecule has 1 aromatic rings. The summed E-state index contributed by atoms with van der Waals surface area (Å²) in [5, 5.41) is 5.01. The molecule has 0 aliphatic carbocycles. The molecule has 0 aromatic heterocycles. The van der Waals surface area contributed by atoms with Crippen molar-refractivity contribution in [2.24, 2.45) is 0 Å². The van der Waals surface area contributed by atoms with Gasteiger partial charge < -0.3 is 15.1 Å². The maximum Gasteiger partial charge on any atom is 0.255 e. The minimum atomic E-state index is -0.782. The van der Waals surface area contributed by atoms with Gasteiger partial charge in [-0.1, -0.05) is 12.5 Å². The largest absolute Gasteiger partial charge is 0.352 e. The van der Waals surface area contributed by atoms with E-state index >= 15 is 4.39 Å². The van der Waals surface area contributed by atoms with Crippen LogP contribution in [0.2, 0.25) is 0 Å². The molecule has 4 amide bonds. The molecule has 0 radical (unpaired) electrons. The number of nitrogens with one attached hydrogen (secondary N) is 2. The Kier molecular flexibility index (Phi) is 7.37. The van der Waals surface area contributed by atoms with Gasteiger partial charge in [-0.15, -0.1) is 0 Å². The third-order valence-electron chi connectivity index (χ3n) is 6.78. The van der Waals surface area contributed by atoms with E-state index in [2.05, 4.69) is 15.5 Å². The van der Waals surface area contributed by atoms with Gasteiger partial charge in [-0.05, 0) is 57.8 Å². The van der Waals surface area contributed by atoms with Gasteiger partial charge in [0.05, 0.1) is 6.54 Å². The molecule has 2 saturated heterocycles. The lowest BCUT2D eigenvalue weighted by Gasteiger charge is -2.29. The van der Waals surface area contributed by atoms with Crippen LogP contribution in [-0.4, -0.2) is 59.1 Å². The van der Waals surface area contributed by atoms with Crippen LogP contribution in [0.5, 0.6) is 0 Å². The zero-order chi connectivity index (χ0) is 23.4. The fourth-order valence-corrected chi connectivity index (χ4v) is 4.88. The molecule has 0 saturated carbocycles. The predicted molar refractivity (Wildman–Crippen MR) is 118 cm³/mol. The van der Waals surface area contributed by atoms with Crippen molar-refractivity contribution >= 4 is 23.6 Å². The summed E-state index contributed by atoms with van der Waals surface area (Å²) in [6.07, 6.45) is 6.36. The number of likely N-dealkylation sites (tertiary alicyclic amines) is 1. The molecule has 8 nitrogen and oxygen atoms in total. The highest BCUT2D eigenvalue weighted by atomic mass is 19.1. The number of hydrogen-bond donors (Lipinski definition) is 2. The second-order valence-corrected chi connectivity index (χ2v) is 9.10. The normalized spacial score (nSPS) is 21.2. The topological polar surface area (TPSA) is 98.8 Å². The van der Waals surface area contributed by atoms with E-state index in [9.17, 15) is 19.2 Å². The minimum Gasteiger partial charge on any atom is -0.352 e. The van der Waals surface area contributed by atoms with Crippen LogP contribution in [-0.2, 0) is 27.5 Å². The molecular formula is C24H31FN4O4. The first-order valence-electron chi connectivity index (χ1n) is 11.9. The zero-order valence-electron chi connectivity index (χ0n) is 18.8. The van der Waals surface area contributed by atoms with Crippen LogP contribution in [0.15, 0.2) is 12.1 Å². The molecule has 2 N–H and O–H groups in total. The van der Waals surface area contributed by atoms with E-state index < -0.39 is 23.7 Å². The van der Waals surface area contributed by atoms with Crippen molar-refractivity contribution < 1.29 is 23.6 Å². The van der Waals surface area contributed by atoms with Crippen LogP contribution < -0.4 is 10.6 Å². The maximum absolute atomic E-state index is 15.1. The average molecular weight is 459 g/mol. The van der Waals surface area contributed by atoms with Crippen molar-refractivity contribution in [3.63, 3.8) is 0 Å². The molecule has 1 atom stereocenters. The molecule has 0 bridgehead atoms. The van der Waals surface area contributed by atoms with Crippen molar-refractivity contribution in [1.82, 2.24) is 20.4 Å². The summed E-state index contributed by atoms with van der Waals surface area (Å²) in [6.45, 7) is 3.34. The summed E-state index contributed by atoms with van der Waals surface area (Å²) in [7, 11) is 0. The van der Waals surface area contributed by atoms with Gasteiger partial charge in [-0.3, -0.25) is 24.5 Å². The quantitative estimate of drug-likeness (QED) is 0.458. The lowest BCUT2D eigenvalue weighted by atomic mass is 10.0. The molecule has 2 fully saturated rings. The number of halogens is 1. The van der Waals surface area contributed by atoms with E-state index in [1.54, 1.807) is 6.07 Å². The Morgan fingerprint density at radius 3 is 2.67 bits per heavy atom. The Hall–Kier alpha value is -2.81. The van der Waals surface area contributed by atoms with E-state index in [-0.39, 0.29) is 48.9 Å². The molecule has 3 aliphatic heterocycles. The minimum absolute atomic E-state index is 0.0233. The number of unbranched alkanes of at least 4 members (excludes halogenated alkanes) is 1. The summed E-state index contributed by atoms with van der Waals surface area (Å²) in [6, 6.07) is 2.28. The number of fused-ring (bicyclic) bond motifs is 1. The second kappa shape index (κ2) is 10.4. The van der Waals surface area contributed by atoms with Crippen molar-refractivity contribution in [2.75, 3.05) is 19.6 Å². The van der Waals surface area contributed by atoms with E-state index in [4.69, 9.17) is 0 Å². The Balaban J connectivity index is 1.27. The van der Waals surface area contributed by atoms with Gasteiger partial charge in [0, 0.05) is 36.1 Å². The summed E-state index contributed by atoms with van der Waals surface area (Å²) in [5.74, 6) is -1.95. The highest BCUT2D eigenvalue weighted by Crippen LogP contribution is 2.30. The van der Waals surface area contributed by atoms with E-state index in [0.717, 1.165) is 32.5 Å². The second-order valence-electron chi connectivity index (χ2n) is 9.10. The van der Waals surface area contributed by atoms with Gasteiger partial charge in [0.1, 0.15) is 11.9 Å². The highest BCUT2D eigenvalue weighted by molar-refractivity contribution is 6.05. The Morgan fingerprint density at radius 2 is 1.91 bits per heavy atom. The molecule has 1 unspecified atom stereocenters. The van der Waals surface area contributed by atoms with Gasteiger partial charge in [0.25, 0.3) is 5.91 Å². The molecule has 3 heterocycles. The number of imide groups is 1. The van der Waals surface area contributed by atoms with Crippen molar-refractivity contribution in [2.45, 2.75) is 70.5 Å². The van der Waals surface area contributed by atoms with Gasteiger partial charge in [0.2, 0.25) is 17.7 Å². The summed E-state index contributed by atoms with van der Waals surface area (Å²) < 4.78 is 15.1. The molecule has 33 heavy (non-hydrogen) atoms. The van der Waals surface area contributed by atoms with Crippen LogP contribution in [0.3, 0.4) is 0 Å². The first-order chi connectivity index (χ1) is 15.9. The molecule has 3 aliphatic rings. The fraction of sp³-hybridized carbons (Fsp3) is 0.583. The van der Waals surface area contributed by atoms with Gasteiger partial charge in [-0.2, -0.15) is 0 Å². The van der Waals surface area contributed by atoms with Crippen molar-refractivity contribution in [3.8, 4) is 0 Å². The summed E-state index contributed by atoms with van der Waals surface area (Å²) >= 11 is 0. The highest BCUT2D eigenvalue weighted by Gasteiger charge is 2.40. The lowest BCUT2D eigenvalue weighted by Crippen LogP contribution is -2.52. The molecule has 1 aromatic carbocycles. The monoisotopic (exact) mass is 458 g/mol. The average Bonchev–Trinajstić information content (AvgIpc) is 3.14. The number of rotatable bonds is 8. The first-order valence-corrected chi connectivity index (χ1v) is 11.9. The zero-order valence-corrected chi connectivity index (χ0v) is 18.8. The standard InChI is InChI=1S/C24H31FN4O4/c25-22-16(14-26-20(30)6-2-5-13-28-11-3-1-4-12-28)7-8-17-18(22)15-29(24(17)33)19-9-10-21(31)27-23(19)32/h7-8,19H,1-6,9-15H2,(H,26,30)(H,27,31,32). The maximum atomic E-state index is 15.1. The molecule has 0 spiro atoms. The van der Waals surface area contributed by atoms with E-state index in [0.29, 0.717) is 12.0 Å². The molecule has 4 rings (SSSR count). The number of nitrogens with zero attached hydrogens (tertiary/aromatic N) is 2. The van der Waals surface area contributed by atoms with Crippen LogP contribution in [0, 0.1) is 5.82 Å². The van der Waals surface area contributed by atoms with Gasteiger partial charge >= 0.3 is 0 Å². The SMILES string of the molecule is O=C(CCCCN1CCCCC1)NCc1ccc2c(c1F)CN(C1CCC(=O)NC1=O)C2=O. The number of piperidine rings is 2. The Morgan fingerprint density at radius 1 is 1.12 bits per heavy atom. The number of carbonyl (C=O) groups is 4. The van der Waals surface area contributed by atoms with E-state index in [1.807, 2.05) is 0 Å². The first kappa shape index (κ1) is 23.4. The van der Waals surface area contributed by atoms with Crippen LogP contribution in [0.1, 0.15) is 72.9 Å². The molecule has 9 heteroatoms. The number of amides is 4. The third-order valence-corrected chi connectivity index (χ3v) is 6.78. The summed E-state index contributed by atoms with van der Waals surface area (Å²) in [4.78, 5) is 52.2.